The number of hydrogen-bond donors (Lipinski definition) is 0. The molecule has 0 spiro atoms. The van der Waals surface area contributed by atoms with Gasteiger partial charge in [-0.2, -0.15) is 0 Å². The van der Waals surface area contributed by atoms with Crippen LogP contribution in [0.2, 0.25) is 0 Å². The largest absolute Gasteiger partial charge is 0.346 e. The van der Waals surface area contributed by atoms with Crippen LogP contribution in [0, 0.1) is 11.7 Å². The lowest BCUT2D eigenvalue weighted by molar-refractivity contribution is 0.0665. The van der Waals surface area contributed by atoms with Crippen LogP contribution in [0.1, 0.15) is 42.5 Å². The van der Waals surface area contributed by atoms with Gasteiger partial charge in [0.25, 0.3) is 5.91 Å². The Hall–Kier alpha value is -1.59. The molecule has 4 rings (SSSR count). The maximum atomic E-state index is 13.9. The average Bonchev–Trinajstić information content (AvgIpc) is 3.00. The van der Waals surface area contributed by atoms with Gasteiger partial charge in [0.15, 0.2) is 0 Å². The zero-order valence-electron chi connectivity index (χ0n) is 16.0. The number of amides is 1. The molecule has 0 bridgehead atoms. The summed E-state index contributed by atoms with van der Waals surface area (Å²) >= 11 is 0. The summed E-state index contributed by atoms with van der Waals surface area (Å²) in [6, 6.07) is 4.82. The molecule has 1 aromatic carbocycles. The zero-order chi connectivity index (χ0) is 18.1. The van der Waals surface area contributed by atoms with E-state index in [9.17, 15) is 9.18 Å². The predicted octanol–water partition coefficient (Wildman–Crippen LogP) is 4.17. The number of rotatable bonds is 3. The van der Waals surface area contributed by atoms with Gasteiger partial charge >= 0.3 is 0 Å². The predicted molar refractivity (Wildman–Crippen MR) is 109 cm³/mol. The van der Waals surface area contributed by atoms with E-state index in [1.807, 2.05) is 11.1 Å². The second-order valence-corrected chi connectivity index (χ2v) is 7.96. The van der Waals surface area contributed by atoms with Gasteiger partial charge in [-0.15, -0.1) is 12.4 Å². The number of aromatic nitrogens is 1. The lowest BCUT2D eigenvalue weighted by atomic mass is 9.89. The zero-order valence-corrected chi connectivity index (χ0v) is 16.8. The summed E-state index contributed by atoms with van der Waals surface area (Å²) < 4.78 is 16.0. The van der Waals surface area contributed by atoms with Crippen LogP contribution < -0.4 is 0 Å². The Kier molecular flexibility index (Phi) is 6.43. The number of hydrogen-bond acceptors (Lipinski definition) is 2. The highest BCUT2D eigenvalue weighted by Crippen LogP contribution is 2.29. The number of carbonyl (C=O) groups is 1. The molecule has 0 radical (unpaired) electrons. The van der Waals surface area contributed by atoms with Crippen LogP contribution in [-0.2, 0) is 6.54 Å². The lowest BCUT2D eigenvalue weighted by Gasteiger charge is -2.32. The Bertz CT molecular complexity index is 792. The van der Waals surface area contributed by atoms with E-state index < -0.39 is 0 Å². The topological polar surface area (TPSA) is 28.5 Å². The van der Waals surface area contributed by atoms with Crippen molar-refractivity contribution in [3.63, 3.8) is 0 Å². The van der Waals surface area contributed by atoms with E-state index in [4.69, 9.17) is 0 Å². The number of fused-ring (bicyclic) bond motifs is 1. The molecule has 1 saturated carbocycles. The molecular weight excluding hydrogens is 365 g/mol. The van der Waals surface area contributed by atoms with E-state index in [1.54, 1.807) is 12.1 Å². The van der Waals surface area contributed by atoms with Crippen LogP contribution in [0.5, 0.6) is 0 Å². The molecule has 1 aliphatic carbocycles. The van der Waals surface area contributed by atoms with Gasteiger partial charge < -0.3 is 14.4 Å². The standard InChI is InChI=1S/C21H28FN3O.ClH/c1-23-9-11-24(12-10-23)21(26)19-15-25(14-16-5-3-2-4-6-16)20-13-17(22)7-8-18(19)20;/h7-8,13,15-16H,2-6,9-12,14H2,1H3;1H. The molecule has 148 valence electrons. The maximum Gasteiger partial charge on any atom is 0.256 e. The van der Waals surface area contributed by atoms with Gasteiger partial charge in [-0.05, 0) is 44.0 Å². The minimum absolute atomic E-state index is 0. The Morgan fingerprint density at radius 3 is 2.52 bits per heavy atom. The molecule has 0 unspecified atom stereocenters. The molecule has 0 N–H and O–H groups in total. The molecule has 2 fully saturated rings. The molecule has 1 aromatic heterocycles. The van der Waals surface area contributed by atoms with Gasteiger partial charge in [0.1, 0.15) is 5.82 Å². The van der Waals surface area contributed by atoms with E-state index in [2.05, 4.69) is 16.5 Å². The third-order valence-electron chi connectivity index (χ3n) is 6.04. The van der Waals surface area contributed by atoms with Crippen LogP contribution >= 0.6 is 12.4 Å². The second-order valence-electron chi connectivity index (χ2n) is 7.96. The number of benzene rings is 1. The molecule has 2 aliphatic rings. The average molecular weight is 394 g/mol. The summed E-state index contributed by atoms with van der Waals surface area (Å²) in [6.45, 7) is 4.20. The number of nitrogens with zero attached hydrogens (tertiary/aromatic N) is 3. The minimum Gasteiger partial charge on any atom is -0.346 e. The first-order valence-corrected chi connectivity index (χ1v) is 9.88. The monoisotopic (exact) mass is 393 g/mol. The third-order valence-corrected chi connectivity index (χ3v) is 6.04. The van der Waals surface area contributed by atoms with Gasteiger partial charge in [0.2, 0.25) is 0 Å². The Morgan fingerprint density at radius 2 is 1.81 bits per heavy atom. The van der Waals surface area contributed by atoms with Gasteiger partial charge in [-0.1, -0.05) is 19.3 Å². The van der Waals surface area contributed by atoms with Crippen LogP contribution in [0.15, 0.2) is 24.4 Å². The fourth-order valence-electron chi connectivity index (χ4n) is 4.41. The quantitative estimate of drug-likeness (QED) is 0.782. The smallest absolute Gasteiger partial charge is 0.256 e. The van der Waals surface area contributed by atoms with Crippen molar-refractivity contribution in [1.82, 2.24) is 14.4 Å². The first-order valence-electron chi connectivity index (χ1n) is 9.88. The number of piperazine rings is 1. The minimum atomic E-state index is -0.237. The molecule has 1 aliphatic heterocycles. The molecule has 2 heterocycles. The SMILES string of the molecule is CN1CCN(C(=O)c2cn(CC3CCCCC3)c3cc(F)ccc23)CC1.Cl. The molecule has 2 aromatic rings. The molecule has 27 heavy (non-hydrogen) atoms. The van der Waals surface area contributed by atoms with Gasteiger partial charge in [-0.25, -0.2) is 4.39 Å². The summed E-state index contributed by atoms with van der Waals surface area (Å²) in [7, 11) is 2.08. The highest BCUT2D eigenvalue weighted by molar-refractivity contribution is 6.07. The molecule has 1 saturated heterocycles. The number of carbonyl (C=O) groups excluding carboxylic acids is 1. The fraction of sp³-hybridized carbons (Fsp3) is 0.571. The van der Waals surface area contributed by atoms with Crippen molar-refractivity contribution in [3.8, 4) is 0 Å². The first kappa shape index (κ1) is 20.2. The van der Waals surface area contributed by atoms with Crippen LogP contribution in [0.3, 0.4) is 0 Å². The highest BCUT2D eigenvalue weighted by atomic mass is 35.5. The summed E-state index contributed by atoms with van der Waals surface area (Å²) in [5, 5.41) is 0.881. The van der Waals surface area contributed by atoms with E-state index in [0.717, 1.165) is 49.2 Å². The highest BCUT2D eigenvalue weighted by Gasteiger charge is 2.25. The van der Waals surface area contributed by atoms with Gasteiger partial charge in [0.05, 0.1) is 11.1 Å². The second kappa shape index (κ2) is 8.61. The molecule has 1 amide bonds. The van der Waals surface area contributed by atoms with Crippen molar-refractivity contribution >= 4 is 29.2 Å². The molecule has 4 nitrogen and oxygen atoms in total. The van der Waals surface area contributed by atoms with Crippen molar-refractivity contribution in [2.24, 2.45) is 5.92 Å². The van der Waals surface area contributed by atoms with Gasteiger partial charge in [-0.3, -0.25) is 4.79 Å². The van der Waals surface area contributed by atoms with Crippen LogP contribution in [0.4, 0.5) is 4.39 Å². The molecular formula is C21H29ClFN3O. The molecule has 0 atom stereocenters. The summed E-state index contributed by atoms with van der Waals surface area (Å²) in [5.74, 6) is 0.477. The maximum absolute atomic E-state index is 13.9. The first-order chi connectivity index (χ1) is 12.6. The lowest BCUT2D eigenvalue weighted by Crippen LogP contribution is -2.47. The third kappa shape index (κ3) is 4.30. The molecule has 6 heteroatoms. The van der Waals surface area contributed by atoms with E-state index in [1.165, 1.54) is 38.2 Å². The summed E-state index contributed by atoms with van der Waals surface area (Å²) in [5.41, 5.74) is 1.58. The summed E-state index contributed by atoms with van der Waals surface area (Å²) in [4.78, 5) is 17.3. The fourth-order valence-corrected chi connectivity index (χ4v) is 4.41. The van der Waals surface area contributed by atoms with Crippen molar-refractivity contribution in [2.75, 3.05) is 33.2 Å². The Morgan fingerprint density at radius 1 is 1.11 bits per heavy atom. The van der Waals surface area contributed by atoms with Crippen LogP contribution in [0.25, 0.3) is 10.9 Å². The Balaban J connectivity index is 0.00000210. The normalized spacial score (nSPS) is 19.3. The van der Waals surface area contributed by atoms with Gasteiger partial charge in [0, 0.05) is 44.3 Å². The van der Waals surface area contributed by atoms with Crippen molar-refractivity contribution in [1.29, 1.82) is 0 Å². The number of likely N-dealkylation sites (N-methyl/N-ethyl adjacent to an activating group) is 1. The van der Waals surface area contributed by atoms with Crippen molar-refractivity contribution < 1.29 is 9.18 Å². The van der Waals surface area contributed by atoms with E-state index in [0.29, 0.717) is 5.92 Å². The number of halogens is 2. The van der Waals surface area contributed by atoms with E-state index in [-0.39, 0.29) is 24.1 Å². The summed E-state index contributed by atoms with van der Waals surface area (Å²) in [6.07, 6.45) is 8.33. The van der Waals surface area contributed by atoms with Crippen molar-refractivity contribution in [2.45, 2.75) is 38.6 Å². The van der Waals surface area contributed by atoms with Crippen molar-refractivity contribution in [3.05, 3.63) is 35.8 Å². The Labute approximate surface area is 166 Å². The van der Waals surface area contributed by atoms with E-state index >= 15 is 0 Å². The van der Waals surface area contributed by atoms with Crippen LogP contribution in [-0.4, -0.2) is 53.5 Å².